The van der Waals surface area contributed by atoms with E-state index in [4.69, 9.17) is 14.7 Å². The monoisotopic (exact) mass is 371 g/mol. The van der Waals surface area contributed by atoms with Gasteiger partial charge in [0.1, 0.15) is 17.2 Å². The number of carbonyl (C=O) groups is 1. The summed E-state index contributed by atoms with van der Waals surface area (Å²) in [4.78, 5) is 16.1. The Morgan fingerprint density at radius 3 is 2.36 bits per heavy atom. The predicted octanol–water partition coefficient (Wildman–Crippen LogP) is 4.41. The van der Waals surface area contributed by atoms with Crippen molar-refractivity contribution in [1.82, 2.24) is 4.98 Å². The van der Waals surface area contributed by atoms with Crippen LogP contribution in [0.2, 0.25) is 0 Å². The number of carbonyl (C=O) groups excluding carboxylic acids is 1. The molecule has 28 heavy (non-hydrogen) atoms. The van der Waals surface area contributed by atoms with Gasteiger partial charge < -0.3 is 14.8 Å². The van der Waals surface area contributed by atoms with Gasteiger partial charge in [-0.05, 0) is 66.2 Å². The molecule has 0 aliphatic rings. The smallest absolute Gasteiger partial charge is 0.248 e. The minimum atomic E-state index is -0.261. The molecule has 1 heterocycles. The zero-order chi connectivity index (χ0) is 19.8. The van der Waals surface area contributed by atoms with E-state index in [1.807, 2.05) is 0 Å². The third-order valence-corrected chi connectivity index (χ3v) is 3.74. The van der Waals surface area contributed by atoms with E-state index in [0.29, 0.717) is 28.5 Å². The number of methoxy groups -OCH3 is 1. The second kappa shape index (κ2) is 9.01. The molecule has 0 spiro atoms. The van der Waals surface area contributed by atoms with E-state index in [9.17, 15) is 4.79 Å². The van der Waals surface area contributed by atoms with Crippen LogP contribution in [0.1, 0.15) is 11.1 Å². The molecular formula is C22H17N3O3. The third kappa shape index (κ3) is 5.19. The van der Waals surface area contributed by atoms with Crippen LogP contribution in [0.15, 0.2) is 73.1 Å². The van der Waals surface area contributed by atoms with E-state index in [1.54, 1.807) is 80.2 Å². The van der Waals surface area contributed by atoms with Crippen molar-refractivity contribution >= 4 is 17.7 Å². The van der Waals surface area contributed by atoms with Crippen molar-refractivity contribution in [3.63, 3.8) is 0 Å². The van der Waals surface area contributed by atoms with E-state index in [2.05, 4.69) is 16.4 Å². The summed E-state index contributed by atoms with van der Waals surface area (Å²) in [6.07, 6.45) is 6.32. The number of nitrogens with one attached hydrogen (secondary N) is 1. The number of benzene rings is 2. The van der Waals surface area contributed by atoms with Crippen LogP contribution in [0.4, 0.5) is 5.69 Å². The lowest BCUT2D eigenvalue weighted by Crippen LogP contribution is -2.07. The Kier molecular flexibility index (Phi) is 6.01. The van der Waals surface area contributed by atoms with Crippen LogP contribution in [0.25, 0.3) is 6.08 Å². The second-order valence-electron chi connectivity index (χ2n) is 5.74. The summed E-state index contributed by atoms with van der Waals surface area (Å²) in [5.74, 6) is 1.62. The number of rotatable bonds is 6. The minimum Gasteiger partial charge on any atom is -0.495 e. The van der Waals surface area contributed by atoms with E-state index in [1.165, 1.54) is 6.08 Å². The lowest BCUT2D eigenvalue weighted by molar-refractivity contribution is -0.111. The highest BCUT2D eigenvalue weighted by atomic mass is 16.5. The van der Waals surface area contributed by atoms with Crippen molar-refractivity contribution in [2.75, 3.05) is 12.4 Å². The van der Waals surface area contributed by atoms with Gasteiger partial charge in [0.2, 0.25) is 5.91 Å². The Balaban J connectivity index is 1.57. The van der Waals surface area contributed by atoms with E-state index in [0.717, 1.165) is 5.56 Å². The fraction of sp³-hybridized carbons (Fsp3) is 0.0455. The highest BCUT2D eigenvalue weighted by Crippen LogP contribution is 2.23. The first-order chi connectivity index (χ1) is 13.7. The summed E-state index contributed by atoms with van der Waals surface area (Å²) in [5, 5.41) is 11.6. The Hall–Kier alpha value is -4.11. The fourth-order valence-electron chi connectivity index (χ4n) is 2.33. The van der Waals surface area contributed by atoms with Crippen LogP contribution in [0.3, 0.4) is 0 Å². The average molecular weight is 371 g/mol. The van der Waals surface area contributed by atoms with Gasteiger partial charge in [0.25, 0.3) is 0 Å². The molecule has 6 heteroatoms. The quantitative estimate of drug-likeness (QED) is 0.649. The summed E-state index contributed by atoms with van der Waals surface area (Å²) in [7, 11) is 1.56. The SMILES string of the molecule is COc1cncc(/C=C/C(=O)Nc2ccc(Oc3ccc(C#N)cc3)cc2)c1. The summed E-state index contributed by atoms with van der Waals surface area (Å²) in [5.41, 5.74) is 1.98. The number of ether oxygens (including phenoxy) is 2. The Morgan fingerprint density at radius 1 is 1.04 bits per heavy atom. The molecule has 0 atom stereocenters. The molecule has 0 unspecified atom stereocenters. The third-order valence-electron chi connectivity index (χ3n) is 3.74. The van der Waals surface area contributed by atoms with Crippen LogP contribution in [0, 0.1) is 11.3 Å². The van der Waals surface area contributed by atoms with E-state index < -0.39 is 0 Å². The molecule has 1 aromatic heterocycles. The molecule has 0 saturated carbocycles. The van der Waals surface area contributed by atoms with Gasteiger partial charge >= 0.3 is 0 Å². The normalized spacial score (nSPS) is 10.3. The van der Waals surface area contributed by atoms with Crippen molar-refractivity contribution in [2.45, 2.75) is 0 Å². The van der Waals surface area contributed by atoms with Crippen LogP contribution in [0.5, 0.6) is 17.2 Å². The lowest BCUT2D eigenvalue weighted by atomic mass is 10.2. The van der Waals surface area contributed by atoms with E-state index in [-0.39, 0.29) is 5.91 Å². The Labute approximate surface area is 162 Å². The van der Waals surface area contributed by atoms with Gasteiger partial charge in [-0.15, -0.1) is 0 Å². The summed E-state index contributed by atoms with van der Waals surface area (Å²) in [6, 6.07) is 17.7. The van der Waals surface area contributed by atoms with Gasteiger partial charge in [-0.1, -0.05) is 0 Å². The largest absolute Gasteiger partial charge is 0.495 e. The summed E-state index contributed by atoms with van der Waals surface area (Å²) < 4.78 is 10.8. The first-order valence-corrected chi connectivity index (χ1v) is 8.42. The molecule has 6 nitrogen and oxygen atoms in total. The number of anilines is 1. The Morgan fingerprint density at radius 2 is 1.71 bits per heavy atom. The first kappa shape index (κ1) is 18.7. The van der Waals surface area contributed by atoms with Gasteiger partial charge in [-0.25, -0.2) is 0 Å². The van der Waals surface area contributed by atoms with Crippen molar-refractivity contribution in [3.05, 3.63) is 84.2 Å². The molecule has 3 rings (SSSR count). The molecule has 0 bridgehead atoms. The molecule has 1 amide bonds. The van der Waals surface area contributed by atoms with Crippen molar-refractivity contribution in [3.8, 4) is 23.3 Å². The fourth-order valence-corrected chi connectivity index (χ4v) is 2.33. The Bertz CT molecular complexity index is 1020. The van der Waals surface area contributed by atoms with Gasteiger partial charge in [-0.3, -0.25) is 9.78 Å². The average Bonchev–Trinajstić information content (AvgIpc) is 2.74. The summed E-state index contributed by atoms with van der Waals surface area (Å²) in [6.45, 7) is 0. The summed E-state index contributed by atoms with van der Waals surface area (Å²) >= 11 is 0. The number of aromatic nitrogens is 1. The van der Waals surface area contributed by atoms with Gasteiger partial charge in [0.15, 0.2) is 0 Å². The lowest BCUT2D eigenvalue weighted by Gasteiger charge is -2.07. The topological polar surface area (TPSA) is 84.2 Å². The van der Waals surface area contributed by atoms with Crippen LogP contribution in [-0.2, 0) is 4.79 Å². The van der Waals surface area contributed by atoms with Crippen molar-refractivity contribution in [2.24, 2.45) is 0 Å². The van der Waals surface area contributed by atoms with Crippen LogP contribution in [-0.4, -0.2) is 18.0 Å². The maximum absolute atomic E-state index is 12.1. The molecule has 1 N–H and O–H groups in total. The highest BCUT2D eigenvalue weighted by Gasteiger charge is 2.01. The molecule has 0 fully saturated rings. The number of amides is 1. The molecular weight excluding hydrogens is 354 g/mol. The second-order valence-corrected chi connectivity index (χ2v) is 5.74. The molecule has 0 radical (unpaired) electrons. The molecule has 2 aromatic carbocycles. The number of hydrogen-bond acceptors (Lipinski definition) is 5. The molecule has 0 aliphatic heterocycles. The molecule has 138 valence electrons. The number of pyridine rings is 1. The van der Waals surface area contributed by atoms with Crippen molar-refractivity contribution in [1.29, 1.82) is 5.26 Å². The zero-order valence-electron chi connectivity index (χ0n) is 15.1. The zero-order valence-corrected chi connectivity index (χ0v) is 15.1. The first-order valence-electron chi connectivity index (χ1n) is 8.42. The maximum atomic E-state index is 12.1. The van der Waals surface area contributed by atoms with Gasteiger partial charge in [0.05, 0.1) is 24.9 Å². The minimum absolute atomic E-state index is 0.261. The maximum Gasteiger partial charge on any atom is 0.248 e. The standard InChI is InChI=1S/C22H17N3O3/c1-27-21-12-17(14-24-15-21)4-11-22(26)25-18-5-9-20(10-6-18)28-19-7-2-16(13-23)3-8-19/h2-12,14-15H,1H3,(H,25,26)/b11-4+. The molecule has 3 aromatic rings. The highest BCUT2D eigenvalue weighted by molar-refractivity contribution is 6.01. The van der Waals surface area contributed by atoms with Crippen LogP contribution >= 0.6 is 0 Å². The number of hydrogen-bond donors (Lipinski definition) is 1. The molecule has 0 saturated heterocycles. The molecule has 0 aliphatic carbocycles. The number of nitrogens with zero attached hydrogens (tertiary/aromatic N) is 2. The van der Waals surface area contributed by atoms with Gasteiger partial charge in [0, 0.05) is 18.0 Å². The van der Waals surface area contributed by atoms with E-state index >= 15 is 0 Å². The number of nitriles is 1. The van der Waals surface area contributed by atoms with Crippen LogP contribution < -0.4 is 14.8 Å². The van der Waals surface area contributed by atoms with Crippen molar-refractivity contribution < 1.29 is 14.3 Å². The van der Waals surface area contributed by atoms with Gasteiger partial charge in [-0.2, -0.15) is 5.26 Å². The predicted molar refractivity (Wildman–Crippen MR) is 106 cm³/mol.